The van der Waals surface area contributed by atoms with Crippen molar-refractivity contribution in [1.29, 1.82) is 0 Å². The van der Waals surface area contributed by atoms with Crippen LogP contribution >= 0.6 is 0 Å². The van der Waals surface area contributed by atoms with Crippen molar-refractivity contribution in [3.63, 3.8) is 0 Å². The summed E-state index contributed by atoms with van der Waals surface area (Å²) in [6.45, 7) is 2.21. The molecular weight excluding hydrogens is 693 g/mol. The molecule has 0 saturated heterocycles. The number of aryl methyl sites for hydroxylation is 1. The fourth-order valence-corrected chi connectivity index (χ4v) is 8.06. The highest BCUT2D eigenvalue weighted by Gasteiger charge is 2.19. The number of benzene rings is 8. The lowest BCUT2D eigenvalue weighted by Gasteiger charge is -2.16. The Bertz CT molecular complexity index is 2970. The van der Waals surface area contributed by atoms with Crippen molar-refractivity contribution >= 4 is 21.8 Å². The molecule has 4 heteroatoms. The first-order chi connectivity index (χ1) is 28.2. The molecule has 0 bridgehead atoms. The van der Waals surface area contributed by atoms with E-state index in [1.165, 1.54) is 49.6 Å². The van der Waals surface area contributed by atoms with Crippen LogP contribution in [-0.2, 0) is 6.42 Å². The Morgan fingerprint density at radius 2 is 0.912 bits per heavy atom. The Hall–Kier alpha value is -7.43. The third kappa shape index (κ3) is 6.58. The second-order valence-electron chi connectivity index (χ2n) is 14.5. The predicted molar refractivity (Wildman–Crippen MR) is 235 cm³/mol. The van der Waals surface area contributed by atoms with Gasteiger partial charge >= 0.3 is 0 Å². The molecule has 0 aliphatic heterocycles. The van der Waals surface area contributed by atoms with Gasteiger partial charge in [0.2, 0.25) is 0 Å². The largest absolute Gasteiger partial charge is 0.309 e. The molecule has 0 aliphatic carbocycles. The molecule has 0 atom stereocenters. The van der Waals surface area contributed by atoms with E-state index in [1.807, 2.05) is 36.4 Å². The number of para-hydroxylation sites is 2. The summed E-state index contributed by atoms with van der Waals surface area (Å²) in [6, 6.07) is 70.8. The van der Waals surface area contributed by atoms with Crippen molar-refractivity contribution in [2.24, 2.45) is 0 Å². The van der Waals surface area contributed by atoms with Gasteiger partial charge in [0.15, 0.2) is 17.5 Å². The lowest BCUT2D eigenvalue weighted by Crippen LogP contribution is -2.01. The van der Waals surface area contributed by atoms with Gasteiger partial charge in [0.05, 0.1) is 11.0 Å². The summed E-state index contributed by atoms with van der Waals surface area (Å²) in [5.41, 5.74) is 14.8. The Morgan fingerprint density at radius 1 is 0.386 bits per heavy atom. The van der Waals surface area contributed by atoms with Crippen molar-refractivity contribution in [2.45, 2.75) is 13.3 Å². The third-order valence-corrected chi connectivity index (χ3v) is 10.8. The molecule has 0 unspecified atom stereocenters. The second kappa shape index (κ2) is 14.7. The van der Waals surface area contributed by atoms with Gasteiger partial charge in [-0.1, -0.05) is 158 Å². The maximum Gasteiger partial charge on any atom is 0.164 e. The van der Waals surface area contributed by atoms with Crippen LogP contribution in [0.15, 0.2) is 200 Å². The fraction of sp³-hybridized carbons (Fsp3) is 0.0377. The smallest absolute Gasteiger partial charge is 0.164 e. The van der Waals surface area contributed by atoms with Crippen molar-refractivity contribution in [1.82, 2.24) is 19.5 Å². The van der Waals surface area contributed by atoms with E-state index in [1.54, 1.807) is 0 Å². The molecule has 2 aromatic heterocycles. The van der Waals surface area contributed by atoms with Crippen LogP contribution in [-0.4, -0.2) is 19.5 Å². The topological polar surface area (TPSA) is 43.6 Å². The number of rotatable bonds is 8. The maximum absolute atomic E-state index is 5.14. The van der Waals surface area contributed by atoms with E-state index < -0.39 is 0 Å². The van der Waals surface area contributed by atoms with Crippen molar-refractivity contribution < 1.29 is 0 Å². The summed E-state index contributed by atoms with van der Waals surface area (Å²) in [7, 11) is 0. The number of hydrogen-bond donors (Lipinski definition) is 0. The third-order valence-electron chi connectivity index (χ3n) is 10.8. The second-order valence-corrected chi connectivity index (χ2v) is 14.5. The van der Waals surface area contributed by atoms with Gasteiger partial charge in [-0.05, 0) is 94.8 Å². The van der Waals surface area contributed by atoms with Crippen LogP contribution in [0.2, 0.25) is 0 Å². The molecule has 0 fully saturated rings. The summed E-state index contributed by atoms with van der Waals surface area (Å²) in [6.07, 6.45) is 0.700. The van der Waals surface area contributed by atoms with Gasteiger partial charge in [0.25, 0.3) is 0 Å². The monoisotopic (exact) mass is 730 g/mol. The van der Waals surface area contributed by atoms with E-state index in [-0.39, 0.29) is 0 Å². The molecule has 0 radical (unpaired) electrons. The molecule has 270 valence electrons. The van der Waals surface area contributed by atoms with E-state index in [0.29, 0.717) is 23.9 Å². The summed E-state index contributed by atoms with van der Waals surface area (Å²) in [5, 5.41) is 2.48. The zero-order chi connectivity index (χ0) is 38.1. The Kier molecular flexibility index (Phi) is 8.77. The van der Waals surface area contributed by atoms with Crippen LogP contribution in [0.4, 0.5) is 0 Å². The van der Waals surface area contributed by atoms with Gasteiger partial charge in [0.1, 0.15) is 0 Å². The van der Waals surface area contributed by atoms with Crippen LogP contribution in [0.5, 0.6) is 0 Å². The minimum Gasteiger partial charge on any atom is -0.309 e. The van der Waals surface area contributed by atoms with E-state index in [0.717, 1.165) is 33.5 Å². The Balaban J connectivity index is 1.20. The zero-order valence-corrected chi connectivity index (χ0v) is 31.5. The molecule has 0 N–H and O–H groups in total. The minimum absolute atomic E-state index is 0.639. The average molecular weight is 731 g/mol. The van der Waals surface area contributed by atoms with Crippen LogP contribution in [0.1, 0.15) is 16.7 Å². The standard InChI is InChI=1S/C53H38N4/c1-36-18-14-15-27-45(36)47-35-48-46-28-16-17-29-49(46)57(44-25-12-5-13-26-44)50(48)34-42(47)31-37-30-41(38-19-6-2-7-20-38)33-43(32-37)53-55-51(39-21-8-3-9-22-39)54-52(56-53)40-23-10-4-11-24-40/h2-30,32-35H,31H2,1H3. The Morgan fingerprint density at radius 3 is 1.56 bits per heavy atom. The van der Waals surface area contributed by atoms with Gasteiger partial charge < -0.3 is 4.57 Å². The van der Waals surface area contributed by atoms with Crippen molar-refractivity contribution in [2.75, 3.05) is 0 Å². The molecule has 10 aromatic rings. The SMILES string of the molecule is Cc1ccccc1-c1cc2c3ccccc3n(-c3ccccc3)c2cc1Cc1cc(-c2ccccc2)cc(-c2nc(-c3ccccc3)nc(-c3ccccc3)n2)c1. The highest BCUT2D eigenvalue weighted by molar-refractivity contribution is 6.11. The molecule has 4 nitrogen and oxygen atoms in total. The van der Waals surface area contributed by atoms with Crippen LogP contribution in [0, 0.1) is 6.92 Å². The van der Waals surface area contributed by atoms with Crippen molar-refractivity contribution in [3.05, 3.63) is 217 Å². The summed E-state index contributed by atoms with van der Waals surface area (Å²) in [5.74, 6) is 1.93. The number of aromatic nitrogens is 4. The summed E-state index contributed by atoms with van der Waals surface area (Å²) < 4.78 is 2.41. The van der Waals surface area contributed by atoms with Gasteiger partial charge in [0, 0.05) is 33.2 Å². The predicted octanol–water partition coefficient (Wildman–Crippen LogP) is 13.2. The molecule has 0 aliphatic rings. The molecule has 10 rings (SSSR count). The van der Waals surface area contributed by atoms with Crippen LogP contribution in [0.3, 0.4) is 0 Å². The number of nitrogens with zero attached hydrogens (tertiary/aromatic N) is 4. The number of hydrogen-bond acceptors (Lipinski definition) is 3. The van der Waals surface area contributed by atoms with E-state index >= 15 is 0 Å². The molecule has 0 spiro atoms. The first-order valence-electron chi connectivity index (χ1n) is 19.4. The van der Waals surface area contributed by atoms with E-state index in [2.05, 4.69) is 175 Å². The van der Waals surface area contributed by atoms with Gasteiger partial charge in [-0.3, -0.25) is 0 Å². The van der Waals surface area contributed by atoms with E-state index in [4.69, 9.17) is 15.0 Å². The van der Waals surface area contributed by atoms with Gasteiger partial charge in [-0.15, -0.1) is 0 Å². The molecule has 0 saturated carbocycles. The highest BCUT2D eigenvalue weighted by atomic mass is 15.0. The Labute approximate surface area is 332 Å². The number of fused-ring (bicyclic) bond motifs is 3. The van der Waals surface area contributed by atoms with Crippen LogP contribution in [0.25, 0.3) is 83.9 Å². The van der Waals surface area contributed by atoms with Gasteiger partial charge in [-0.25, -0.2) is 15.0 Å². The van der Waals surface area contributed by atoms with Gasteiger partial charge in [-0.2, -0.15) is 0 Å². The first-order valence-corrected chi connectivity index (χ1v) is 19.4. The minimum atomic E-state index is 0.639. The van der Waals surface area contributed by atoms with Crippen molar-refractivity contribution in [3.8, 4) is 62.1 Å². The summed E-state index contributed by atoms with van der Waals surface area (Å²) in [4.78, 5) is 15.3. The maximum atomic E-state index is 5.14. The lowest BCUT2D eigenvalue weighted by molar-refractivity contribution is 1.07. The van der Waals surface area contributed by atoms with Crippen LogP contribution < -0.4 is 0 Å². The van der Waals surface area contributed by atoms with E-state index in [9.17, 15) is 0 Å². The highest BCUT2D eigenvalue weighted by Crippen LogP contribution is 2.39. The molecule has 57 heavy (non-hydrogen) atoms. The average Bonchev–Trinajstić information content (AvgIpc) is 3.60. The zero-order valence-electron chi connectivity index (χ0n) is 31.5. The lowest BCUT2D eigenvalue weighted by atomic mass is 9.89. The molecule has 0 amide bonds. The quantitative estimate of drug-likeness (QED) is 0.156. The molecular formula is C53H38N4. The normalized spacial score (nSPS) is 11.3. The first kappa shape index (κ1) is 34.1. The fourth-order valence-electron chi connectivity index (χ4n) is 8.06. The molecule has 8 aromatic carbocycles. The summed E-state index contributed by atoms with van der Waals surface area (Å²) >= 11 is 0. The molecule has 2 heterocycles.